The predicted octanol–water partition coefficient (Wildman–Crippen LogP) is 4.89. The zero-order chi connectivity index (χ0) is 21.8. The molecule has 0 aliphatic carbocycles. The van der Waals surface area contributed by atoms with Crippen LogP contribution in [0.4, 0.5) is 5.69 Å². The van der Waals surface area contributed by atoms with Gasteiger partial charge in [0.2, 0.25) is 0 Å². The molecule has 0 radical (unpaired) electrons. The number of anilines is 1. The van der Waals surface area contributed by atoms with Gasteiger partial charge in [-0.2, -0.15) is 0 Å². The van der Waals surface area contributed by atoms with E-state index in [0.717, 1.165) is 22.4 Å². The van der Waals surface area contributed by atoms with Crippen LogP contribution in [0.25, 0.3) is 0 Å². The van der Waals surface area contributed by atoms with E-state index in [4.69, 9.17) is 4.74 Å². The zero-order valence-corrected chi connectivity index (χ0v) is 18.3. The van der Waals surface area contributed by atoms with Crippen molar-refractivity contribution in [2.24, 2.45) is 0 Å². The highest BCUT2D eigenvalue weighted by Crippen LogP contribution is 2.31. The molecule has 0 aliphatic heterocycles. The molecular weight excluding hydrogens is 398 g/mol. The van der Waals surface area contributed by atoms with Crippen molar-refractivity contribution >= 4 is 22.5 Å². The van der Waals surface area contributed by atoms with Gasteiger partial charge in [-0.3, -0.25) is 4.79 Å². The van der Waals surface area contributed by atoms with E-state index in [-0.39, 0.29) is 18.0 Å². The first-order valence-electron chi connectivity index (χ1n) is 9.55. The third kappa shape index (κ3) is 4.54. The van der Waals surface area contributed by atoms with Crippen LogP contribution in [0, 0.1) is 20.8 Å². The minimum Gasteiger partial charge on any atom is -0.508 e. The molecule has 1 atom stereocenters. The maximum absolute atomic E-state index is 13.1. The fourth-order valence-electron chi connectivity index (χ4n) is 3.41. The molecule has 156 valence electrons. The van der Waals surface area contributed by atoms with E-state index in [1.54, 1.807) is 37.4 Å². The second kappa shape index (κ2) is 9.13. The number of benzene rings is 3. The van der Waals surface area contributed by atoms with Crippen molar-refractivity contribution < 1.29 is 18.8 Å². The molecule has 0 aromatic heterocycles. The number of phenolic OH excluding ortho intramolecular Hbond substituents is 1. The highest BCUT2D eigenvalue weighted by Gasteiger charge is 2.17. The molecule has 3 rings (SSSR count). The van der Waals surface area contributed by atoms with Gasteiger partial charge < -0.3 is 14.6 Å². The number of carbonyl (C=O) groups excluding carboxylic acids is 1. The first kappa shape index (κ1) is 21.6. The normalized spacial score (nSPS) is 11.7. The molecule has 1 unspecified atom stereocenters. The number of hydrogen-bond acceptors (Lipinski definition) is 4. The summed E-state index contributed by atoms with van der Waals surface area (Å²) in [7, 11) is 0.0697. The lowest BCUT2D eigenvalue weighted by Gasteiger charge is -2.17. The van der Waals surface area contributed by atoms with Crippen molar-refractivity contribution in [3.05, 3.63) is 82.4 Å². The van der Waals surface area contributed by atoms with Gasteiger partial charge in [0.15, 0.2) is 16.8 Å². The topological polar surface area (TPSA) is 75.6 Å². The Bertz CT molecular complexity index is 1110. The molecule has 3 aromatic rings. The van der Waals surface area contributed by atoms with Crippen LogP contribution in [0.15, 0.2) is 59.5 Å². The summed E-state index contributed by atoms with van der Waals surface area (Å²) in [6.07, 6.45) is 0.0809. The van der Waals surface area contributed by atoms with Crippen LogP contribution < -0.4 is 9.46 Å². The molecule has 0 aliphatic rings. The summed E-state index contributed by atoms with van der Waals surface area (Å²) in [5.41, 5.74) is 4.43. The van der Waals surface area contributed by atoms with Crippen LogP contribution in [-0.4, -0.2) is 22.2 Å². The van der Waals surface area contributed by atoms with E-state index in [0.29, 0.717) is 21.7 Å². The fourth-order valence-corrected chi connectivity index (χ4v) is 4.63. The Morgan fingerprint density at radius 1 is 1.03 bits per heavy atom. The van der Waals surface area contributed by atoms with Crippen LogP contribution in [0.1, 0.15) is 32.6 Å². The number of methoxy groups -OCH3 is 1. The number of carbonyl (C=O) groups is 1. The molecule has 6 heteroatoms. The van der Waals surface area contributed by atoms with Gasteiger partial charge in [0, 0.05) is 12.0 Å². The number of rotatable bonds is 7. The Labute approximate surface area is 179 Å². The number of aromatic hydroxyl groups is 1. The van der Waals surface area contributed by atoms with Crippen LogP contribution in [0.3, 0.4) is 0 Å². The van der Waals surface area contributed by atoms with Gasteiger partial charge in [-0.1, -0.05) is 30.3 Å². The number of hydrogen-bond donors (Lipinski definition) is 2. The van der Waals surface area contributed by atoms with E-state index in [1.807, 2.05) is 32.9 Å². The molecule has 0 bridgehead atoms. The lowest BCUT2D eigenvalue weighted by atomic mass is 10.0. The van der Waals surface area contributed by atoms with Crippen molar-refractivity contribution in [3.63, 3.8) is 0 Å². The molecule has 0 saturated heterocycles. The van der Waals surface area contributed by atoms with E-state index in [2.05, 4.69) is 4.72 Å². The third-order valence-corrected chi connectivity index (χ3v) is 6.35. The van der Waals surface area contributed by atoms with Gasteiger partial charge in [0.1, 0.15) is 11.5 Å². The lowest BCUT2D eigenvalue weighted by Crippen LogP contribution is -2.12. The van der Waals surface area contributed by atoms with E-state index < -0.39 is 11.0 Å². The standard InChI is InChI=1S/C24H25NO4S/c1-15-12-23(16(2)17(3)24(15)29-4)30(28)25-21-11-10-20(26)13-19(21)14-22(27)18-8-6-5-7-9-18/h5-13,25-26H,14H2,1-4H3. The average Bonchev–Trinajstić information content (AvgIpc) is 2.73. The third-order valence-electron chi connectivity index (χ3n) is 5.12. The Hall–Kier alpha value is -3.12. The summed E-state index contributed by atoms with van der Waals surface area (Å²) >= 11 is 0. The fraction of sp³-hybridized carbons (Fsp3) is 0.208. The number of ketones is 1. The number of Topliss-reactive ketones (excluding diaryl/α,β-unsaturated/α-hetero) is 1. The van der Waals surface area contributed by atoms with Crippen LogP contribution in [0.2, 0.25) is 0 Å². The van der Waals surface area contributed by atoms with Crippen LogP contribution >= 0.6 is 0 Å². The van der Waals surface area contributed by atoms with Gasteiger partial charge in [0.25, 0.3) is 0 Å². The molecule has 2 N–H and O–H groups in total. The van der Waals surface area contributed by atoms with E-state index in [1.165, 1.54) is 12.1 Å². The minimum absolute atomic E-state index is 0.0505. The maximum Gasteiger partial charge on any atom is 0.167 e. The van der Waals surface area contributed by atoms with Crippen molar-refractivity contribution in [3.8, 4) is 11.5 Å². The van der Waals surface area contributed by atoms with Gasteiger partial charge in [-0.15, -0.1) is 0 Å². The number of ether oxygens (including phenoxy) is 1. The summed E-state index contributed by atoms with van der Waals surface area (Å²) < 4.78 is 21.6. The largest absolute Gasteiger partial charge is 0.508 e. The average molecular weight is 424 g/mol. The van der Waals surface area contributed by atoms with Gasteiger partial charge >= 0.3 is 0 Å². The molecule has 0 fully saturated rings. The highest BCUT2D eigenvalue weighted by molar-refractivity contribution is 7.86. The minimum atomic E-state index is -1.55. The number of aryl methyl sites for hydroxylation is 1. The van der Waals surface area contributed by atoms with Gasteiger partial charge in [0.05, 0.1) is 17.7 Å². The Balaban J connectivity index is 1.91. The molecule has 0 amide bonds. The molecule has 0 saturated carbocycles. The van der Waals surface area contributed by atoms with Crippen molar-refractivity contribution in [2.45, 2.75) is 32.1 Å². The van der Waals surface area contributed by atoms with Gasteiger partial charge in [-0.05, 0) is 67.3 Å². The van der Waals surface area contributed by atoms with Crippen molar-refractivity contribution in [1.29, 1.82) is 0 Å². The highest BCUT2D eigenvalue weighted by atomic mass is 32.2. The zero-order valence-electron chi connectivity index (χ0n) is 17.5. The van der Waals surface area contributed by atoms with E-state index >= 15 is 0 Å². The predicted molar refractivity (Wildman–Crippen MR) is 120 cm³/mol. The summed E-state index contributed by atoms with van der Waals surface area (Å²) in [5.74, 6) is 0.754. The Morgan fingerprint density at radius 3 is 2.40 bits per heavy atom. The molecular formula is C24H25NO4S. The summed E-state index contributed by atoms with van der Waals surface area (Å²) in [6, 6.07) is 15.5. The van der Waals surface area contributed by atoms with Crippen LogP contribution in [0.5, 0.6) is 11.5 Å². The second-order valence-corrected chi connectivity index (χ2v) is 8.33. The number of nitrogens with one attached hydrogen (secondary N) is 1. The molecule has 3 aromatic carbocycles. The lowest BCUT2D eigenvalue weighted by molar-refractivity contribution is 0.0993. The summed E-state index contributed by atoms with van der Waals surface area (Å²) in [6.45, 7) is 5.76. The Kier molecular flexibility index (Phi) is 6.57. The van der Waals surface area contributed by atoms with E-state index in [9.17, 15) is 14.1 Å². The summed E-state index contributed by atoms with van der Waals surface area (Å²) in [5, 5.41) is 9.92. The molecule has 0 spiro atoms. The molecule has 0 heterocycles. The SMILES string of the molecule is COc1c(C)cc(S(=O)Nc2ccc(O)cc2CC(=O)c2ccccc2)c(C)c1C. The summed E-state index contributed by atoms with van der Waals surface area (Å²) in [4.78, 5) is 13.3. The second-order valence-electron chi connectivity index (χ2n) is 7.15. The van der Waals surface area contributed by atoms with Crippen molar-refractivity contribution in [1.82, 2.24) is 0 Å². The smallest absolute Gasteiger partial charge is 0.167 e. The molecule has 30 heavy (non-hydrogen) atoms. The Morgan fingerprint density at radius 2 is 1.73 bits per heavy atom. The maximum atomic E-state index is 13.1. The van der Waals surface area contributed by atoms with Crippen molar-refractivity contribution in [2.75, 3.05) is 11.8 Å². The first-order valence-corrected chi connectivity index (χ1v) is 10.7. The van der Waals surface area contributed by atoms with Crippen LogP contribution in [-0.2, 0) is 17.4 Å². The number of phenols is 1. The first-order chi connectivity index (χ1) is 14.3. The quantitative estimate of drug-likeness (QED) is 0.419. The molecule has 5 nitrogen and oxygen atoms in total. The monoisotopic (exact) mass is 423 g/mol. The van der Waals surface area contributed by atoms with Gasteiger partial charge in [-0.25, -0.2) is 4.21 Å².